The summed E-state index contributed by atoms with van der Waals surface area (Å²) in [6.45, 7) is 0.0160. The van der Waals surface area contributed by atoms with E-state index in [1.165, 1.54) is 12.1 Å². The third kappa shape index (κ3) is 4.46. The Bertz CT molecular complexity index is 985. The second-order valence-corrected chi connectivity index (χ2v) is 6.58. The lowest BCUT2D eigenvalue weighted by molar-refractivity contribution is -0.142. The summed E-state index contributed by atoms with van der Waals surface area (Å²) in [5.74, 6) is 0.137. The summed E-state index contributed by atoms with van der Waals surface area (Å²) in [4.78, 5) is 2.61. The van der Waals surface area contributed by atoms with Crippen molar-refractivity contribution >= 4 is 17.3 Å². The van der Waals surface area contributed by atoms with Crippen molar-refractivity contribution in [2.24, 2.45) is 5.11 Å². The van der Waals surface area contributed by atoms with Crippen LogP contribution in [0.25, 0.3) is 21.6 Å². The van der Waals surface area contributed by atoms with Gasteiger partial charge in [-0.3, -0.25) is 0 Å². The van der Waals surface area contributed by atoms with E-state index < -0.39 is 35.1 Å². The van der Waals surface area contributed by atoms with Gasteiger partial charge < -0.3 is 10.1 Å². The molecule has 0 amide bonds. The first-order valence-corrected chi connectivity index (χ1v) is 8.41. The summed E-state index contributed by atoms with van der Waals surface area (Å²) in [6.07, 6.45) is -9.99. The van der Waals surface area contributed by atoms with Crippen molar-refractivity contribution in [3.05, 3.63) is 56.9 Å². The topological polar surface area (TPSA) is 70.0 Å². The van der Waals surface area contributed by atoms with Crippen LogP contribution < -0.4 is 10.1 Å². The smallest absolute Gasteiger partial charge is 0.417 e. The number of anilines is 1. The van der Waals surface area contributed by atoms with Crippen molar-refractivity contribution in [2.75, 3.05) is 18.5 Å². The Kier molecular flexibility index (Phi) is 5.46. The van der Waals surface area contributed by atoms with Gasteiger partial charge >= 0.3 is 12.4 Å². The van der Waals surface area contributed by atoms with Crippen LogP contribution >= 0.6 is 11.6 Å². The molecule has 0 aromatic heterocycles. The Morgan fingerprint density at radius 2 is 1.83 bits per heavy atom. The van der Waals surface area contributed by atoms with E-state index in [1.54, 1.807) is 0 Å². The molecule has 0 bridgehead atoms. The molecule has 12 heteroatoms. The molecule has 0 spiro atoms. The van der Waals surface area contributed by atoms with Gasteiger partial charge in [0.2, 0.25) is 0 Å². The number of hydrogen-bond donors (Lipinski definition) is 1. The first-order valence-electron chi connectivity index (χ1n) is 8.03. The van der Waals surface area contributed by atoms with Crippen molar-refractivity contribution in [2.45, 2.75) is 18.4 Å². The number of hydrogen-bond acceptors (Lipinski definition) is 3. The van der Waals surface area contributed by atoms with Gasteiger partial charge in [-0.2, -0.15) is 26.3 Å². The van der Waals surface area contributed by atoms with Gasteiger partial charge in [-0.25, -0.2) is 0 Å². The highest BCUT2D eigenvalue weighted by Crippen LogP contribution is 2.46. The van der Waals surface area contributed by atoms with Crippen molar-refractivity contribution in [3.8, 4) is 16.9 Å². The van der Waals surface area contributed by atoms with Crippen LogP contribution in [-0.2, 0) is 12.4 Å². The number of fused-ring (bicyclic) bond motifs is 1. The third-order valence-electron chi connectivity index (χ3n) is 4.16. The molecule has 2 aromatic rings. The fourth-order valence-electron chi connectivity index (χ4n) is 2.92. The standard InChI is InChI=1S/C17H11ClF6N4O/c18-9-4-12(15-14(5-9)29-7-10(27-15)6-26-28-25)11-2-1-8(16(19,20)21)3-13(11)17(22,23)24/h1-5,10,27H,6-7H2. The number of halogens is 7. The lowest BCUT2D eigenvalue weighted by Crippen LogP contribution is -2.34. The molecule has 1 heterocycles. The summed E-state index contributed by atoms with van der Waals surface area (Å²) >= 11 is 5.99. The number of nitrogens with zero attached hydrogens (tertiary/aromatic N) is 3. The normalized spacial score (nSPS) is 16.3. The molecule has 0 fully saturated rings. The average Bonchev–Trinajstić information content (AvgIpc) is 2.63. The van der Waals surface area contributed by atoms with E-state index in [9.17, 15) is 26.3 Å². The molecule has 0 radical (unpaired) electrons. The summed E-state index contributed by atoms with van der Waals surface area (Å²) < 4.78 is 85.0. The van der Waals surface area contributed by atoms with Gasteiger partial charge in [0.15, 0.2) is 0 Å². The predicted octanol–water partition coefficient (Wildman–Crippen LogP) is 6.53. The van der Waals surface area contributed by atoms with E-state index in [0.717, 1.165) is 6.07 Å². The van der Waals surface area contributed by atoms with E-state index in [4.69, 9.17) is 21.9 Å². The summed E-state index contributed by atoms with van der Waals surface area (Å²) in [7, 11) is 0. The average molecular weight is 437 g/mol. The van der Waals surface area contributed by atoms with Crippen LogP contribution in [0.15, 0.2) is 35.4 Å². The zero-order valence-electron chi connectivity index (χ0n) is 14.3. The maximum Gasteiger partial charge on any atom is 0.417 e. The minimum Gasteiger partial charge on any atom is -0.489 e. The Hall–Kier alpha value is -2.78. The van der Waals surface area contributed by atoms with Gasteiger partial charge in [0, 0.05) is 28.1 Å². The molecule has 0 aliphatic carbocycles. The first kappa shape index (κ1) is 20.9. The van der Waals surface area contributed by atoms with E-state index in [0.29, 0.717) is 6.07 Å². The highest BCUT2D eigenvalue weighted by Gasteiger charge is 2.39. The number of nitrogens with one attached hydrogen (secondary N) is 1. The Balaban J connectivity index is 2.19. The highest BCUT2D eigenvalue weighted by atomic mass is 35.5. The predicted molar refractivity (Wildman–Crippen MR) is 93.8 cm³/mol. The number of rotatable bonds is 3. The van der Waals surface area contributed by atoms with Crippen LogP contribution in [-0.4, -0.2) is 19.2 Å². The second-order valence-electron chi connectivity index (χ2n) is 6.15. The molecular formula is C17H11ClF6N4O. The maximum atomic E-state index is 13.6. The molecule has 1 atom stereocenters. The number of ether oxygens (including phenoxy) is 1. The van der Waals surface area contributed by atoms with Crippen molar-refractivity contribution in [3.63, 3.8) is 0 Å². The fourth-order valence-corrected chi connectivity index (χ4v) is 3.12. The van der Waals surface area contributed by atoms with Crippen LogP contribution in [0.2, 0.25) is 5.02 Å². The second kappa shape index (κ2) is 7.57. The number of azide groups is 1. The lowest BCUT2D eigenvalue weighted by Gasteiger charge is -2.29. The van der Waals surface area contributed by atoms with Crippen LogP contribution in [0, 0.1) is 0 Å². The van der Waals surface area contributed by atoms with Crippen molar-refractivity contribution < 1.29 is 31.1 Å². The van der Waals surface area contributed by atoms with Crippen LogP contribution in [0.1, 0.15) is 11.1 Å². The lowest BCUT2D eigenvalue weighted by atomic mass is 9.94. The quantitative estimate of drug-likeness (QED) is 0.257. The van der Waals surface area contributed by atoms with Gasteiger partial charge in [0.25, 0.3) is 0 Å². The number of benzene rings is 2. The molecule has 29 heavy (non-hydrogen) atoms. The highest BCUT2D eigenvalue weighted by molar-refractivity contribution is 6.31. The van der Waals surface area contributed by atoms with Gasteiger partial charge in [-0.1, -0.05) is 22.8 Å². The third-order valence-corrected chi connectivity index (χ3v) is 4.38. The minimum absolute atomic E-state index is 0.0436. The van der Waals surface area contributed by atoms with E-state index in [1.807, 2.05) is 0 Å². The molecular weight excluding hydrogens is 426 g/mol. The zero-order chi connectivity index (χ0) is 21.4. The van der Waals surface area contributed by atoms with E-state index in [-0.39, 0.29) is 41.2 Å². The molecule has 5 nitrogen and oxygen atoms in total. The minimum atomic E-state index is -5.05. The molecule has 3 rings (SSSR count). The van der Waals surface area contributed by atoms with Crippen LogP contribution in [0.5, 0.6) is 5.75 Å². The molecule has 0 saturated heterocycles. The summed E-state index contributed by atoms with van der Waals surface area (Å²) in [5, 5.41) is 6.35. The van der Waals surface area contributed by atoms with Gasteiger partial charge in [-0.15, -0.1) is 0 Å². The van der Waals surface area contributed by atoms with Crippen molar-refractivity contribution in [1.29, 1.82) is 0 Å². The SMILES string of the molecule is [N-]=[N+]=NCC1COc2cc(Cl)cc(-c3ccc(C(F)(F)F)cc3C(F)(F)F)c2N1. The zero-order valence-corrected chi connectivity index (χ0v) is 15.0. The molecule has 154 valence electrons. The Morgan fingerprint density at radius 1 is 1.10 bits per heavy atom. The molecule has 2 aromatic carbocycles. The van der Waals surface area contributed by atoms with Crippen LogP contribution in [0.3, 0.4) is 0 Å². The van der Waals surface area contributed by atoms with Crippen molar-refractivity contribution in [1.82, 2.24) is 0 Å². The summed E-state index contributed by atoms with van der Waals surface area (Å²) in [6, 6.07) is 3.40. The van der Waals surface area contributed by atoms with Crippen LogP contribution in [0.4, 0.5) is 32.0 Å². The number of alkyl halides is 6. The largest absolute Gasteiger partial charge is 0.489 e. The van der Waals surface area contributed by atoms with E-state index >= 15 is 0 Å². The van der Waals surface area contributed by atoms with Gasteiger partial charge in [0.1, 0.15) is 12.4 Å². The summed E-state index contributed by atoms with van der Waals surface area (Å²) in [5.41, 5.74) is 5.09. The monoisotopic (exact) mass is 436 g/mol. The molecule has 1 aliphatic heterocycles. The van der Waals surface area contributed by atoms with E-state index in [2.05, 4.69) is 15.3 Å². The maximum absolute atomic E-state index is 13.6. The Labute approximate surface area is 164 Å². The Morgan fingerprint density at radius 3 is 2.45 bits per heavy atom. The first-order chi connectivity index (χ1) is 13.5. The molecule has 1 unspecified atom stereocenters. The molecule has 1 aliphatic rings. The van der Waals surface area contributed by atoms with Gasteiger partial charge in [-0.05, 0) is 29.3 Å². The molecule has 1 N–H and O–H groups in total. The van der Waals surface area contributed by atoms with Gasteiger partial charge in [0.05, 0.1) is 22.9 Å². The molecule has 0 saturated carbocycles. The fraction of sp³-hybridized carbons (Fsp3) is 0.294.